The molecule has 1 aliphatic carbocycles. The molecule has 0 saturated carbocycles. The molecule has 0 bridgehead atoms. The highest BCUT2D eigenvalue weighted by Gasteiger charge is 2.41. The molecule has 148 valence electrons. The van der Waals surface area contributed by atoms with Crippen LogP contribution in [0.4, 0.5) is 0 Å². The van der Waals surface area contributed by atoms with Crippen molar-refractivity contribution in [3.8, 4) is 0 Å². The molecule has 1 fully saturated rings. The maximum atomic E-state index is 13.2. The fourth-order valence-electron chi connectivity index (χ4n) is 4.33. The van der Waals surface area contributed by atoms with Crippen LogP contribution in [0.3, 0.4) is 0 Å². The zero-order valence-electron chi connectivity index (χ0n) is 15.6. The first kappa shape index (κ1) is 18.1. The molecule has 5 rings (SSSR count). The molecule has 0 spiro atoms. The molecule has 1 saturated heterocycles. The highest BCUT2D eigenvalue weighted by atomic mass is 79.9. The monoisotopic (exact) mass is 465 g/mol. The van der Waals surface area contributed by atoms with E-state index in [4.69, 9.17) is 0 Å². The van der Waals surface area contributed by atoms with Crippen LogP contribution >= 0.6 is 15.9 Å². The van der Waals surface area contributed by atoms with Crippen LogP contribution in [0.1, 0.15) is 29.3 Å². The smallest absolute Gasteiger partial charge is 0.295 e. The highest BCUT2D eigenvalue weighted by Crippen LogP contribution is 2.38. The minimum atomic E-state index is -3.66. The van der Waals surface area contributed by atoms with E-state index in [1.165, 1.54) is 24.7 Å². The standard InChI is InChI=1S/C18H20BrN5O3S/c1-22-14-6-12(19)16(7-15(14)23(2)18(22)25)28(26,27)24-8-10(9-24)17-11-4-3-5-13(11)20-21-17/h6-7,10H,3-5,8-9H2,1-2H3,(H,20,21). The van der Waals surface area contributed by atoms with Crippen LogP contribution in [0, 0.1) is 0 Å². The molecule has 0 unspecified atom stereocenters. The van der Waals surface area contributed by atoms with Gasteiger partial charge in [0.2, 0.25) is 10.0 Å². The normalized spacial score (nSPS) is 18.0. The summed E-state index contributed by atoms with van der Waals surface area (Å²) in [6.45, 7) is 0.857. The molecule has 0 amide bonds. The largest absolute Gasteiger partial charge is 0.328 e. The second-order valence-electron chi connectivity index (χ2n) is 7.61. The molecule has 10 heteroatoms. The van der Waals surface area contributed by atoms with Crippen LogP contribution in [0.2, 0.25) is 0 Å². The van der Waals surface area contributed by atoms with E-state index < -0.39 is 10.0 Å². The molecule has 8 nitrogen and oxygen atoms in total. The van der Waals surface area contributed by atoms with Crippen LogP contribution in [0.25, 0.3) is 11.0 Å². The van der Waals surface area contributed by atoms with Crippen LogP contribution in [0.15, 0.2) is 26.3 Å². The van der Waals surface area contributed by atoms with Crippen LogP contribution in [0.5, 0.6) is 0 Å². The van der Waals surface area contributed by atoms with Gasteiger partial charge in [-0.15, -0.1) is 0 Å². The summed E-state index contributed by atoms with van der Waals surface area (Å²) in [5, 5.41) is 7.54. The third kappa shape index (κ3) is 2.40. The summed E-state index contributed by atoms with van der Waals surface area (Å²) in [7, 11) is -0.339. The molecular formula is C18H20BrN5O3S. The Bertz CT molecular complexity index is 1280. The number of aromatic amines is 1. The number of aromatic nitrogens is 4. The Hall–Kier alpha value is -1.91. The molecule has 3 aromatic rings. The van der Waals surface area contributed by atoms with E-state index in [2.05, 4.69) is 26.1 Å². The third-order valence-electron chi connectivity index (χ3n) is 6.02. The lowest BCUT2D eigenvalue weighted by Crippen LogP contribution is -2.48. The summed E-state index contributed by atoms with van der Waals surface area (Å²) in [4.78, 5) is 12.4. The number of H-pyrrole nitrogens is 1. The van der Waals surface area contributed by atoms with Gasteiger partial charge in [0, 0.05) is 43.3 Å². The van der Waals surface area contributed by atoms with Gasteiger partial charge in [0.25, 0.3) is 0 Å². The predicted molar refractivity (Wildman–Crippen MR) is 108 cm³/mol. The van der Waals surface area contributed by atoms with Gasteiger partial charge in [-0.1, -0.05) is 0 Å². The Morgan fingerprint density at radius 3 is 2.54 bits per heavy atom. The summed E-state index contributed by atoms with van der Waals surface area (Å²) in [6, 6.07) is 3.27. The molecule has 0 radical (unpaired) electrons. The average molecular weight is 466 g/mol. The molecule has 2 aromatic heterocycles. The van der Waals surface area contributed by atoms with Crippen molar-refractivity contribution in [1.29, 1.82) is 0 Å². The van der Waals surface area contributed by atoms with E-state index in [1.54, 1.807) is 26.2 Å². The van der Waals surface area contributed by atoms with Crippen molar-refractivity contribution in [3.63, 3.8) is 0 Å². The Labute approximate surface area is 170 Å². The van der Waals surface area contributed by atoms with Crippen LogP contribution in [-0.4, -0.2) is 45.1 Å². The van der Waals surface area contributed by atoms with Gasteiger partial charge in [-0.2, -0.15) is 9.40 Å². The Morgan fingerprint density at radius 2 is 1.82 bits per heavy atom. The fraction of sp³-hybridized carbons (Fsp3) is 0.444. The fourth-order valence-corrected chi connectivity index (χ4v) is 6.87. The van der Waals surface area contributed by atoms with E-state index in [0.29, 0.717) is 28.6 Å². The number of aryl methyl sites for hydroxylation is 3. The lowest BCUT2D eigenvalue weighted by atomic mass is 9.95. The number of benzene rings is 1. The van der Waals surface area contributed by atoms with E-state index in [9.17, 15) is 13.2 Å². The van der Waals surface area contributed by atoms with Gasteiger partial charge >= 0.3 is 5.69 Å². The molecule has 28 heavy (non-hydrogen) atoms. The van der Waals surface area contributed by atoms with Gasteiger partial charge in [0.1, 0.15) is 0 Å². The summed E-state index contributed by atoms with van der Waals surface area (Å²) in [6.07, 6.45) is 3.18. The minimum Gasteiger partial charge on any atom is -0.295 e. The zero-order valence-corrected chi connectivity index (χ0v) is 18.0. The van der Waals surface area contributed by atoms with E-state index in [0.717, 1.165) is 25.0 Å². The van der Waals surface area contributed by atoms with Gasteiger partial charge in [0.05, 0.1) is 21.6 Å². The summed E-state index contributed by atoms with van der Waals surface area (Å²) in [5.74, 6) is 0.136. The first-order valence-electron chi connectivity index (χ1n) is 9.20. The van der Waals surface area contributed by atoms with Gasteiger partial charge < -0.3 is 0 Å². The number of nitrogens with zero attached hydrogens (tertiary/aromatic N) is 4. The molecule has 0 atom stereocenters. The average Bonchev–Trinajstić information content (AvgIpc) is 3.27. The highest BCUT2D eigenvalue weighted by molar-refractivity contribution is 9.10. The zero-order chi connectivity index (χ0) is 19.8. The van der Waals surface area contributed by atoms with Gasteiger partial charge in [-0.25, -0.2) is 13.2 Å². The van der Waals surface area contributed by atoms with E-state index >= 15 is 0 Å². The Kier molecular flexibility index (Phi) is 3.91. The van der Waals surface area contributed by atoms with E-state index in [-0.39, 0.29) is 16.5 Å². The van der Waals surface area contributed by atoms with Crippen molar-refractivity contribution in [3.05, 3.63) is 44.0 Å². The van der Waals surface area contributed by atoms with Crippen molar-refractivity contribution in [2.75, 3.05) is 13.1 Å². The molecule has 3 heterocycles. The third-order valence-corrected chi connectivity index (χ3v) is 8.81. The maximum absolute atomic E-state index is 13.2. The Balaban J connectivity index is 1.47. The summed E-state index contributed by atoms with van der Waals surface area (Å²) in [5.41, 5.74) is 4.61. The van der Waals surface area contributed by atoms with Crippen LogP contribution < -0.4 is 5.69 Å². The quantitative estimate of drug-likeness (QED) is 0.635. The number of hydrogen-bond donors (Lipinski definition) is 1. The number of imidazole rings is 1. The minimum absolute atomic E-state index is 0.136. The first-order valence-corrected chi connectivity index (χ1v) is 11.4. The number of nitrogens with one attached hydrogen (secondary N) is 1. The molecule has 2 aliphatic rings. The topological polar surface area (TPSA) is 93.0 Å². The number of fused-ring (bicyclic) bond motifs is 2. The second-order valence-corrected chi connectivity index (χ2v) is 10.4. The number of sulfonamides is 1. The lowest BCUT2D eigenvalue weighted by Gasteiger charge is -2.37. The van der Waals surface area contributed by atoms with Gasteiger partial charge in [-0.3, -0.25) is 14.2 Å². The molecule has 1 aromatic carbocycles. The number of rotatable bonds is 3. The van der Waals surface area contributed by atoms with Crippen molar-refractivity contribution in [2.24, 2.45) is 14.1 Å². The van der Waals surface area contributed by atoms with Gasteiger partial charge in [-0.05, 0) is 52.9 Å². The van der Waals surface area contributed by atoms with Crippen molar-refractivity contribution in [2.45, 2.75) is 30.1 Å². The number of hydrogen-bond acceptors (Lipinski definition) is 4. The maximum Gasteiger partial charge on any atom is 0.328 e. The first-order chi connectivity index (χ1) is 13.3. The Morgan fingerprint density at radius 1 is 1.14 bits per heavy atom. The molecule has 1 aliphatic heterocycles. The molecular weight excluding hydrogens is 446 g/mol. The summed E-state index contributed by atoms with van der Waals surface area (Å²) < 4.78 is 31.3. The van der Waals surface area contributed by atoms with Crippen molar-refractivity contribution < 1.29 is 8.42 Å². The van der Waals surface area contributed by atoms with Crippen molar-refractivity contribution in [1.82, 2.24) is 23.6 Å². The van der Waals surface area contributed by atoms with Gasteiger partial charge in [0.15, 0.2) is 0 Å². The predicted octanol–water partition coefficient (Wildman–Crippen LogP) is 1.64. The van der Waals surface area contributed by atoms with Crippen molar-refractivity contribution >= 4 is 37.0 Å². The SMILES string of the molecule is Cn1c(=O)n(C)c2cc(S(=O)(=O)N3CC(c4n[nH]c5c4CCC5)C3)c(Br)cc21. The van der Waals surface area contributed by atoms with Crippen LogP contribution in [-0.2, 0) is 37.0 Å². The molecule has 1 N–H and O–H groups in total. The van der Waals surface area contributed by atoms with E-state index in [1.807, 2.05) is 0 Å². The lowest BCUT2D eigenvalue weighted by molar-refractivity contribution is 0.259. The summed E-state index contributed by atoms with van der Waals surface area (Å²) >= 11 is 3.39. The number of halogens is 1. The second kappa shape index (κ2) is 6.04.